The first-order chi connectivity index (χ1) is 5.75. The van der Waals surface area contributed by atoms with Crippen LogP contribution in [0.25, 0.3) is 1.43 Å². The van der Waals surface area contributed by atoms with Gasteiger partial charge in [-0.05, 0) is 12.5 Å². The number of rotatable bonds is 3. The largest absolute Gasteiger partial charge is 0.398 e. The first kappa shape index (κ1) is 9.61. The molecule has 0 saturated carbocycles. The van der Waals surface area contributed by atoms with Crippen LogP contribution >= 0.6 is 0 Å². The molecule has 0 aliphatic heterocycles. The Labute approximate surface area is 84.8 Å². The maximum Gasteiger partial charge on any atom is 0.255 e. The van der Waals surface area contributed by atoms with Crippen molar-refractivity contribution in [1.82, 2.24) is 0 Å². The Balaban J connectivity index is 0.00000144. The molecule has 0 fully saturated rings. The molecule has 0 heterocycles. The van der Waals surface area contributed by atoms with Gasteiger partial charge in [0.1, 0.15) is 6.61 Å². The second-order valence-electron chi connectivity index (χ2n) is 2.41. The minimum atomic E-state index is 0. The molecule has 3 nitrogen and oxygen atoms in total. The van der Waals surface area contributed by atoms with E-state index in [0.717, 1.165) is 11.1 Å². The quantitative estimate of drug-likeness (QED) is 0.448. The minimum Gasteiger partial charge on any atom is -0.398 e. The van der Waals surface area contributed by atoms with Crippen molar-refractivity contribution in [2.24, 2.45) is 0 Å². The summed E-state index contributed by atoms with van der Waals surface area (Å²) < 4.78 is 6.31. The van der Waals surface area contributed by atoms with Gasteiger partial charge in [0.2, 0.25) is 0 Å². The first-order valence-electron chi connectivity index (χ1n) is 3.75. The van der Waals surface area contributed by atoms with Crippen LogP contribution in [-0.4, -0.2) is 5.26 Å². The molecule has 0 aliphatic carbocycles. The van der Waals surface area contributed by atoms with Crippen molar-refractivity contribution >= 4 is 5.69 Å². The molecule has 0 unspecified atom stereocenters. The number of aryl methyl sites for hydroxylation is 1. The zero-order chi connectivity index (χ0) is 8.97. The van der Waals surface area contributed by atoms with E-state index < -0.39 is 0 Å². The van der Waals surface area contributed by atoms with Crippen LogP contribution in [0.1, 0.15) is 11.1 Å². The van der Waals surface area contributed by atoms with Crippen molar-refractivity contribution in [3.05, 3.63) is 29.3 Å². The van der Waals surface area contributed by atoms with Crippen molar-refractivity contribution in [3.8, 4) is 0 Å². The fraction of sp³-hybridized carbons (Fsp3) is 0.250. The molecule has 3 N–H and O–H groups in total. The van der Waals surface area contributed by atoms with Gasteiger partial charge in [-0.1, -0.05) is 18.2 Å². The van der Waals surface area contributed by atoms with Gasteiger partial charge in [-0.15, -0.1) is 0 Å². The number of hydrogen-bond donors (Lipinski definition) is 2. The number of hydrogen-bond acceptors (Lipinski definition) is 3. The van der Waals surface area contributed by atoms with Gasteiger partial charge in [-0.2, -0.15) is 0 Å². The summed E-state index contributed by atoms with van der Waals surface area (Å²) in [5.74, 6) is 0. The van der Waals surface area contributed by atoms with Crippen LogP contribution in [0.2, 0.25) is 0 Å². The first-order valence-corrected chi connectivity index (χ1v) is 3.34. The summed E-state index contributed by atoms with van der Waals surface area (Å²) in [6, 6.07) is 5.63. The van der Waals surface area contributed by atoms with E-state index in [1.54, 1.807) is 0 Å². The summed E-state index contributed by atoms with van der Waals surface area (Å²) in [5, 5.41) is 3.74. The molecule has 0 saturated heterocycles. The number of anilines is 1. The van der Waals surface area contributed by atoms with Gasteiger partial charge in [0.15, 0.2) is 0 Å². The smallest absolute Gasteiger partial charge is 0.255 e. The monoisotopic (exact) mass is 206 g/mol. The standard InChI is InChI=1S/C8H11NO2.V/c1-6-3-2-4-7(5-11-10)8(6)9;/h2-4,10H,5,9H2,1H3;/i/hT. The van der Waals surface area contributed by atoms with E-state index in [4.69, 9.17) is 7.16 Å². The Hall–Kier alpha value is -0.476. The molecule has 0 amide bonds. The second-order valence-corrected chi connectivity index (χ2v) is 2.41. The molecule has 1 aromatic carbocycles. The van der Waals surface area contributed by atoms with Crippen LogP contribution in [-0.2, 0) is 30.1 Å². The number of para-hydroxylation sites is 1. The van der Waals surface area contributed by atoms with Crippen LogP contribution in [0.15, 0.2) is 18.2 Å². The number of nitrogens with two attached hydrogens (primary N) is 1. The maximum absolute atomic E-state index is 6.31. The van der Waals surface area contributed by atoms with Gasteiger partial charge in [0.25, 0.3) is 1.43 Å². The summed E-state index contributed by atoms with van der Waals surface area (Å²) >= 11 is 0. The van der Waals surface area contributed by atoms with E-state index >= 15 is 0 Å². The normalized spacial score (nSPS) is 10.2. The molecule has 0 bridgehead atoms. The number of benzene rings is 1. The van der Waals surface area contributed by atoms with Crippen LogP contribution < -0.4 is 5.73 Å². The maximum atomic E-state index is 6.31. The fourth-order valence-electron chi connectivity index (χ4n) is 0.931. The Morgan fingerprint density at radius 1 is 1.67 bits per heavy atom. The van der Waals surface area contributed by atoms with E-state index in [-0.39, 0.29) is 25.2 Å². The topological polar surface area (TPSA) is 55.5 Å². The Kier molecular flexibility index (Phi) is 4.18. The molecule has 0 spiro atoms. The van der Waals surface area contributed by atoms with Crippen molar-refractivity contribution in [3.63, 3.8) is 0 Å². The molecule has 4 heteroatoms. The van der Waals surface area contributed by atoms with Crippen LogP contribution in [0.5, 0.6) is 0 Å². The third-order valence-electron chi connectivity index (χ3n) is 1.63. The Morgan fingerprint density at radius 3 is 3.08 bits per heavy atom. The average Bonchev–Trinajstić information content (AvgIpc) is 2.08. The van der Waals surface area contributed by atoms with Crippen LogP contribution in [0.4, 0.5) is 5.69 Å². The zero-order valence-electron chi connectivity index (χ0n) is 7.78. The second kappa shape index (κ2) is 5.22. The van der Waals surface area contributed by atoms with Crippen molar-refractivity contribution in [1.29, 1.82) is 1.43 Å². The summed E-state index contributed by atoms with van der Waals surface area (Å²) in [4.78, 5) is 4.44. The zero-order valence-corrected chi connectivity index (χ0v) is 8.18. The molecule has 12 heavy (non-hydrogen) atoms. The average molecular weight is 206 g/mol. The summed E-state index contributed by atoms with van der Waals surface area (Å²) in [6.45, 7) is 2.12. The SMILES string of the molecule is [3H]OOCc1cccc(C)c1N.[V]. The van der Waals surface area contributed by atoms with Gasteiger partial charge in [-0.25, -0.2) is 4.89 Å². The third kappa shape index (κ3) is 2.53. The molecular formula is C8H11NO2V. The van der Waals surface area contributed by atoms with Crippen LogP contribution in [0, 0.1) is 6.92 Å². The molecule has 0 aliphatic rings. The van der Waals surface area contributed by atoms with E-state index in [2.05, 4.69) is 10.1 Å². The van der Waals surface area contributed by atoms with Crippen molar-refractivity contribution in [2.75, 3.05) is 5.73 Å². The summed E-state index contributed by atoms with van der Waals surface area (Å²) in [6.07, 6.45) is 0. The Morgan fingerprint density at radius 2 is 2.42 bits per heavy atom. The predicted molar refractivity (Wildman–Crippen MR) is 43.0 cm³/mol. The minimum absolute atomic E-state index is 0. The number of nitrogen functional groups attached to an aromatic ring is 1. The van der Waals surface area contributed by atoms with Gasteiger partial charge < -0.3 is 5.73 Å². The van der Waals surface area contributed by atoms with Crippen LogP contribution in [0.3, 0.4) is 0 Å². The third-order valence-corrected chi connectivity index (χ3v) is 1.63. The molecule has 1 aromatic rings. The summed E-state index contributed by atoms with van der Waals surface area (Å²) in [5.41, 5.74) is 8.25. The molecule has 0 atom stereocenters. The molecule has 0 aromatic heterocycles. The fourth-order valence-corrected chi connectivity index (χ4v) is 0.931. The Bertz CT molecular complexity index is 270. The van der Waals surface area contributed by atoms with E-state index in [1.165, 1.54) is 0 Å². The predicted octanol–water partition coefficient (Wildman–Crippen LogP) is 1.56. The summed E-state index contributed by atoms with van der Waals surface area (Å²) in [7, 11) is 0. The van der Waals surface area contributed by atoms with E-state index in [1.807, 2.05) is 25.1 Å². The molecule has 1 radical (unpaired) electrons. The van der Waals surface area contributed by atoms with Gasteiger partial charge in [-0.3, -0.25) is 5.26 Å². The van der Waals surface area contributed by atoms with Crippen molar-refractivity contribution in [2.45, 2.75) is 13.5 Å². The van der Waals surface area contributed by atoms with E-state index in [0.29, 0.717) is 5.69 Å². The molecule has 1 rings (SSSR count). The molecule has 65 valence electrons. The van der Waals surface area contributed by atoms with Gasteiger partial charge in [0.05, 0.1) is 0 Å². The van der Waals surface area contributed by atoms with Gasteiger partial charge >= 0.3 is 0 Å². The van der Waals surface area contributed by atoms with E-state index in [9.17, 15) is 0 Å². The van der Waals surface area contributed by atoms with Crippen molar-refractivity contribution < 1.29 is 28.7 Å². The van der Waals surface area contributed by atoms with Gasteiger partial charge in [0, 0.05) is 29.8 Å². The molecular weight excluding hydrogens is 193 g/mol.